The first-order chi connectivity index (χ1) is 10.1. The molecule has 6 heteroatoms. The van der Waals surface area contributed by atoms with Crippen LogP contribution in [0.25, 0.3) is 16.9 Å². The van der Waals surface area contributed by atoms with E-state index in [9.17, 15) is 9.30 Å². The van der Waals surface area contributed by atoms with E-state index in [1.165, 1.54) is 29.8 Å². The van der Waals surface area contributed by atoms with Crippen molar-refractivity contribution >= 4 is 11.5 Å². The van der Waals surface area contributed by atoms with E-state index in [1.807, 2.05) is 19.1 Å². The summed E-state index contributed by atoms with van der Waals surface area (Å²) in [6.07, 6.45) is 1.19. The average Bonchev–Trinajstić information content (AvgIpc) is 2.84. The van der Waals surface area contributed by atoms with Crippen molar-refractivity contribution in [3.63, 3.8) is 0 Å². The number of aryl methyl sites for hydroxylation is 1. The highest BCUT2D eigenvalue weighted by Crippen LogP contribution is 2.37. The predicted octanol–water partition coefficient (Wildman–Crippen LogP) is 3.86. The number of hydrogen-bond acceptors (Lipinski definition) is 4. The topological polar surface area (TPSA) is 56.0 Å². The number of nitroso groups, excluding NO2 is 1. The zero-order valence-electron chi connectivity index (χ0n) is 11.5. The van der Waals surface area contributed by atoms with Gasteiger partial charge in [0.2, 0.25) is 5.82 Å². The summed E-state index contributed by atoms with van der Waals surface area (Å²) in [4.78, 5) is 15.6. The highest BCUT2D eigenvalue weighted by molar-refractivity contribution is 5.79. The second-order valence-electron chi connectivity index (χ2n) is 4.65. The number of benzene rings is 1. The molecule has 21 heavy (non-hydrogen) atoms. The third-order valence-corrected chi connectivity index (χ3v) is 3.25. The third kappa shape index (κ3) is 2.14. The Balaban J connectivity index is 2.35. The number of methoxy groups -OCH3 is 1. The summed E-state index contributed by atoms with van der Waals surface area (Å²) >= 11 is 0. The van der Waals surface area contributed by atoms with E-state index >= 15 is 0 Å². The van der Waals surface area contributed by atoms with Crippen molar-refractivity contribution in [2.45, 2.75) is 6.92 Å². The van der Waals surface area contributed by atoms with Gasteiger partial charge in [-0.25, -0.2) is 9.37 Å². The summed E-state index contributed by atoms with van der Waals surface area (Å²) in [6, 6.07) is 8.32. The fourth-order valence-corrected chi connectivity index (χ4v) is 2.28. The molecular weight excluding hydrogens is 273 g/mol. The van der Waals surface area contributed by atoms with Gasteiger partial charge in [0.25, 0.3) is 0 Å². The van der Waals surface area contributed by atoms with Gasteiger partial charge in [0, 0.05) is 11.8 Å². The smallest absolute Gasteiger partial charge is 0.209 e. The third-order valence-electron chi connectivity index (χ3n) is 3.25. The van der Waals surface area contributed by atoms with Gasteiger partial charge in [-0.05, 0) is 36.4 Å². The fourth-order valence-electron chi connectivity index (χ4n) is 2.28. The highest BCUT2D eigenvalue weighted by Gasteiger charge is 2.18. The van der Waals surface area contributed by atoms with Crippen molar-refractivity contribution in [3.8, 4) is 17.0 Å². The quantitative estimate of drug-likeness (QED) is 0.687. The van der Waals surface area contributed by atoms with Crippen LogP contribution in [0.2, 0.25) is 0 Å². The number of aromatic nitrogens is 2. The molecule has 3 rings (SSSR count). The molecule has 2 heterocycles. The normalized spacial score (nSPS) is 10.8. The van der Waals surface area contributed by atoms with Crippen molar-refractivity contribution in [2.24, 2.45) is 5.18 Å². The maximum atomic E-state index is 13.4. The average molecular weight is 285 g/mol. The molecule has 3 aromatic rings. The maximum Gasteiger partial charge on any atom is 0.209 e. The lowest BCUT2D eigenvalue weighted by Gasteiger charge is -2.07. The number of halogens is 1. The zero-order chi connectivity index (χ0) is 15.0. The molecule has 0 bridgehead atoms. The summed E-state index contributed by atoms with van der Waals surface area (Å²) in [5, 5.41) is 3.01. The molecule has 0 spiro atoms. The number of fused-ring (bicyclic) bond motifs is 1. The van der Waals surface area contributed by atoms with Gasteiger partial charge in [0.15, 0.2) is 0 Å². The summed E-state index contributed by atoms with van der Waals surface area (Å²) in [5.74, 6) is 0.162. The molecule has 0 aliphatic carbocycles. The molecule has 0 saturated heterocycles. The first kappa shape index (κ1) is 13.2. The Morgan fingerprint density at radius 1 is 1.29 bits per heavy atom. The summed E-state index contributed by atoms with van der Waals surface area (Å²) in [7, 11) is 1.54. The molecule has 0 atom stereocenters. The lowest BCUT2D eigenvalue weighted by molar-refractivity contribution is 0.416. The molecule has 1 aromatic carbocycles. The van der Waals surface area contributed by atoms with Gasteiger partial charge in [-0.1, -0.05) is 11.6 Å². The number of rotatable bonds is 3. The van der Waals surface area contributed by atoms with Crippen LogP contribution in [0.15, 0.2) is 41.7 Å². The molecule has 0 radical (unpaired) electrons. The Morgan fingerprint density at radius 3 is 2.81 bits per heavy atom. The Hall–Kier alpha value is -2.76. The predicted molar refractivity (Wildman–Crippen MR) is 77.3 cm³/mol. The van der Waals surface area contributed by atoms with Crippen molar-refractivity contribution in [1.29, 1.82) is 0 Å². The monoisotopic (exact) mass is 285 g/mol. The Bertz CT molecular complexity index is 842. The van der Waals surface area contributed by atoms with Crippen LogP contribution in [0.5, 0.6) is 5.75 Å². The van der Waals surface area contributed by atoms with Crippen LogP contribution in [0.3, 0.4) is 0 Å². The highest BCUT2D eigenvalue weighted by atomic mass is 19.1. The summed E-state index contributed by atoms with van der Waals surface area (Å²) < 4.78 is 20.0. The molecule has 0 saturated carbocycles. The molecule has 0 aliphatic rings. The largest absolute Gasteiger partial charge is 0.496 e. The van der Waals surface area contributed by atoms with Gasteiger partial charge in [0.1, 0.15) is 22.9 Å². The number of pyridine rings is 1. The second kappa shape index (κ2) is 4.97. The van der Waals surface area contributed by atoms with Gasteiger partial charge in [-0.15, -0.1) is 4.91 Å². The zero-order valence-corrected chi connectivity index (χ0v) is 11.5. The van der Waals surface area contributed by atoms with Crippen molar-refractivity contribution in [3.05, 3.63) is 52.8 Å². The number of ether oxygens (including phenoxy) is 1. The van der Waals surface area contributed by atoms with E-state index in [1.54, 1.807) is 6.07 Å². The van der Waals surface area contributed by atoms with Gasteiger partial charge >= 0.3 is 0 Å². The van der Waals surface area contributed by atoms with E-state index in [-0.39, 0.29) is 5.82 Å². The fraction of sp³-hybridized carbons (Fsp3) is 0.133. The Morgan fingerprint density at radius 2 is 2.10 bits per heavy atom. The van der Waals surface area contributed by atoms with Crippen LogP contribution in [-0.2, 0) is 0 Å². The van der Waals surface area contributed by atoms with Crippen molar-refractivity contribution in [2.75, 3.05) is 7.11 Å². The standard InChI is InChI=1S/C15H12FN3O2/c1-9-3-5-12(21-2)11(7-9)14-15(18-20)19-8-10(16)4-6-13(19)17-14/h3-8H,1-2H3. The molecule has 0 unspecified atom stereocenters. The minimum absolute atomic E-state index is 0.0494. The van der Waals surface area contributed by atoms with Gasteiger partial charge in [-0.3, -0.25) is 4.40 Å². The molecule has 0 aliphatic heterocycles. The SMILES string of the molecule is COc1ccc(C)cc1-c1nc2ccc(F)cn2c1N=O. The lowest BCUT2D eigenvalue weighted by Crippen LogP contribution is -1.89. The van der Waals surface area contributed by atoms with E-state index in [4.69, 9.17) is 4.74 Å². The second-order valence-corrected chi connectivity index (χ2v) is 4.65. The Labute approximate surface area is 120 Å². The van der Waals surface area contributed by atoms with Crippen LogP contribution in [0.4, 0.5) is 10.2 Å². The number of nitrogens with zero attached hydrogens (tertiary/aromatic N) is 3. The molecular formula is C15H12FN3O2. The minimum atomic E-state index is -0.465. The van der Waals surface area contributed by atoms with Crippen LogP contribution in [0.1, 0.15) is 5.56 Å². The van der Waals surface area contributed by atoms with Gasteiger partial charge < -0.3 is 4.74 Å². The molecule has 0 amide bonds. The van der Waals surface area contributed by atoms with E-state index in [0.717, 1.165) is 5.56 Å². The van der Waals surface area contributed by atoms with Crippen molar-refractivity contribution < 1.29 is 9.13 Å². The molecule has 0 fully saturated rings. The summed E-state index contributed by atoms with van der Waals surface area (Å²) in [5.41, 5.74) is 2.46. The minimum Gasteiger partial charge on any atom is -0.496 e. The van der Waals surface area contributed by atoms with Crippen LogP contribution < -0.4 is 4.74 Å². The number of imidazole rings is 1. The molecule has 2 aromatic heterocycles. The lowest BCUT2D eigenvalue weighted by atomic mass is 10.1. The van der Waals surface area contributed by atoms with Crippen molar-refractivity contribution in [1.82, 2.24) is 9.38 Å². The first-order valence-corrected chi connectivity index (χ1v) is 6.30. The van der Waals surface area contributed by atoms with E-state index < -0.39 is 5.82 Å². The van der Waals surface area contributed by atoms with Gasteiger partial charge in [0.05, 0.1) is 7.11 Å². The van der Waals surface area contributed by atoms with Crippen LogP contribution in [0, 0.1) is 17.6 Å². The van der Waals surface area contributed by atoms with Gasteiger partial charge in [-0.2, -0.15) is 0 Å². The number of hydrogen-bond donors (Lipinski definition) is 0. The molecule has 0 N–H and O–H groups in total. The van der Waals surface area contributed by atoms with E-state index in [0.29, 0.717) is 22.7 Å². The summed E-state index contributed by atoms with van der Waals surface area (Å²) in [6.45, 7) is 1.92. The van der Waals surface area contributed by atoms with Crippen LogP contribution >= 0.6 is 0 Å². The molecule has 5 nitrogen and oxygen atoms in total. The molecule has 106 valence electrons. The van der Waals surface area contributed by atoms with Crippen LogP contribution in [-0.4, -0.2) is 16.5 Å². The maximum absolute atomic E-state index is 13.4. The first-order valence-electron chi connectivity index (χ1n) is 6.30. The van der Waals surface area contributed by atoms with E-state index in [2.05, 4.69) is 10.2 Å². The Kier molecular flexibility index (Phi) is 3.13.